The van der Waals surface area contributed by atoms with Crippen molar-refractivity contribution < 1.29 is 4.79 Å². The number of aryl methyl sites for hydroxylation is 1. The zero-order chi connectivity index (χ0) is 10.7. The Morgan fingerprint density at radius 1 is 1.67 bits per heavy atom. The van der Waals surface area contributed by atoms with Crippen molar-refractivity contribution in [3.63, 3.8) is 0 Å². The van der Waals surface area contributed by atoms with Gasteiger partial charge in [-0.3, -0.25) is 4.79 Å². The first-order valence-electron chi connectivity index (χ1n) is 5.45. The lowest BCUT2D eigenvalue weighted by Gasteiger charge is -2.29. The third kappa shape index (κ3) is 2.58. The fourth-order valence-corrected chi connectivity index (χ4v) is 2.21. The van der Waals surface area contributed by atoms with Crippen molar-refractivity contribution in [2.24, 2.45) is 5.92 Å². The standard InChI is InChI=1S/C11H17N3O/c1-10-5-14(8-12-10)7-11-3-2-4-13(6-11)9-15/h5,8-9,11H,2-4,6-7H2,1H3. The summed E-state index contributed by atoms with van der Waals surface area (Å²) in [6, 6.07) is 0. The van der Waals surface area contributed by atoms with Crippen LogP contribution in [0.4, 0.5) is 0 Å². The van der Waals surface area contributed by atoms with Crippen LogP contribution in [0.15, 0.2) is 12.5 Å². The number of hydrogen-bond acceptors (Lipinski definition) is 2. The molecular formula is C11H17N3O. The summed E-state index contributed by atoms with van der Waals surface area (Å²) in [5, 5.41) is 0. The highest BCUT2D eigenvalue weighted by molar-refractivity contribution is 5.47. The predicted octanol–water partition coefficient (Wildman–Crippen LogP) is 1.06. The van der Waals surface area contributed by atoms with Gasteiger partial charge in [0.15, 0.2) is 0 Å². The third-order valence-corrected chi connectivity index (χ3v) is 2.93. The summed E-state index contributed by atoms with van der Waals surface area (Å²) in [5.74, 6) is 0.581. The van der Waals surface area contributed by atoms with Crippen LogP contribution in [-0.2, 0) is 11.3 Å². The second-order valence-corrected chi connectivity index (χ2v) is 4.32. The van der Waals surface area contributed by atoms with Crippen LogP contribution in [0.1, 0.15) is 18.5 Å². The van der Waals surface area contributed by atoms with Crippen LogP contribution in [0.3, 0.4) is 0 Å². The Morgan fingerprint density at radius 3 is 3.20 bits per heavy atom. The van der Waals surface area contributed by atoms with Crippen LogP contribution >= 0.6 is 0 Å². The maximum Gasteiger partial charge on any atom is 0.209 e. The van der Waals surface area contributed by atoms with Gasteiger partial charge in [-0.15, -0.1) is 0 Å². The lowest BCUT2D eigenvalue weighted by Crippen LogP contribution is -2.35. The zero-order valence-corrected chi connectivity index (χ0v) is 9.09. The molecule has 1 saturated heterocycles. The van der Waals surface area contributed by atoms with Crippen molar-refractivity contribution in [3.05, 3.63) is 18.2 Å². The van der Waals surface area contributed by atoms with E-state index in [9.17, 15) is 4.79 Å². The van der Waals surface area contributed by atoms with Gasteiger partial charge < -0.3 is 9.47 Å². The Morgan fingerprint density at radius 2 is 2.53 bits per heavy atom. The molecule has 1 aromatic rings. The average Bonchev–Trinajstić information content (AvgIpc) is 2.64. The fourth-order valence-electron chi connectivity index (χ4n) is 2.21. The van der Waals surface area contributed by atoms with Gasteiger partial charge in [-0.25, -0.2) is 4.98 Å². The molecule has 1 aliphatic rings. The number of hydrogen-bond donors (Lipinski definition) is 0. The highest BCUT2D eigenvalue weighted by Gasteiger charge is 2.18. The van der Waals surface area contributed by atoms with Crippen molar-refractivity contribution >= 4 is 6.41 Å². The molecule has 0 spiro atoms. The molecule has 2 heterocycles. The summed E-state index contributed by atoms with van der Waals surface area (Å²) < 4.78 is 2.12. The van der Waals surface area contributed by atoms with Crippen LogP contribution in [0, 0.1) is 12.8 Å². The highest BCUT2D eigenvalue weighted by atomic mass is 16.1. The molecule has 0 aromatic carbocycles. The minimum Gasteiger partial charge on any atom is -0.345 e. The minimum atomic E-state index is 0.581. The van der Waals surface area contributed by atoms with Crippen molar-refractivity contribution in [1.29, 1.82) is 0 Å². The number of aromatic nitrogens is 2. The highest BCUT2D eigenvalue weighted by Crippen LogP contribution is 2.17. The molecule has 2 rings (SSSR count). The average molecular weight is 207 g/mol. The van der Waals surface area contributed by atoms with E-state index in [1.807, 2.05) is 18.2 Å². The van der Waals surface area contributed by atoms with Gasteiger partial charge in [0.1, 0.15) is 0 Å². The quantitative estimate of drug-likeness (QED) is 0.695. The lowest BCUT2D eigenvalue weighted by atomic mass is 9.98. The van der Waals surface area contributed by atoms with Crippen LogP contribution in [-0.4, -0.2) is 34.0 Å². The van der Waals surface area contributed by atoms with Crippen molar-refractivity contribution in [3.8, 4) is 0 Å². The number of carbonyl (C=O) groups is 1. The van der Waals surface area contributed by atoms with E-state index in [0.29, 0.717) is 5.92 Å². The molecule has 0 bridgehead atoms. The van der Waals surface area contributed by atoms with Gasteiger partial charge in [-0.05, 0) is 25.7 Å². The topological polar surface area (TPSA) is 38.1 Å². The number of nitrogens with zero attached hydrogens (tertiary/aromatic N) is 3. The minimum absolute atomic E-state index is 0.581. The van der Waals surface area contributed by atoms with Gasteiger partial charge in [-0.2, -0.15) is 0 Å². The first-order valence-corrected chi connectivity index (χ1v) is 5.45. The molecule has 4 nitrogen and oxygen atoms in total. The van der Waals surface area contributed by atoms with E-state index in [1.165, 1.54) is 6.42 Å². The molecule has 1 fully saturated rings. The number of amides is 1. The number of rotatable bonds is 3. The Hall–Kier alpha value is -1.32. The molecule has 82 valence electrons. The van der Waals surface area contributed by atoms with Crippen LogP contribution in [0.2, 0.25) is 0 Å². The van der Waals surface area contributed by atoms with E-state index in [1.54, 1.807) is 0 Å². The summed E-state index contributed by atoms with van der Waals surface area (Å²) in [6.07, 6.45) is 7.22. The molecule has 15 heavy (non-hydrogen) atoms. The Balaban J connectivity index is 1.91. The van der Waals surface area contributed by atoms with Crippen molar-refractivity contribution in [1.82, 2.24) is 14.5 Å². The van der Waals surface area contributed by atoms with Crippen molar-refractivity contribution in [2.75, 3.05) is 13.1 Å². The molecule has 0 saturated carbocycles. The number of piperidine rings is 1. The predicted molar refractivity (Wildman–Crippen MR) is 57.3 cm³/mol. The second-order valence-electron chi connectivity index (χ2n) is 4.32. The Bertz CT molecular complexity index is 334. The molecule has 1 atom stereocenters. The van der Waals surface area contributed by atoms with E-state index in [2.05, 4.69) is 15.7 Å². The van der Waals surface area contributed by atoms with Gasteiger partial charge in [0.2, 0.25) is 6.41 Å². The normalized spacial score (nSPS) is 21.7. The van der Waals surface area contributed by atoms with Crippen LogP contribution < -0.4 is 0 Å². The molecular weight excluding hydrogens is 190 g/mol. The maximum atomic E-state index is 10.7. The molecule has 0 radical (unpaired) electrons. The monoisotopic (exact) mass is 207 g/mol. The SMILES string of the molecule is Cc1cn(CC2CCCN(C=O)C2)cn1. The van der Waals surface area contributed by atoms with E-state index >= 15 is 0 Å². The molecule has 1 amide bonds. The lowest BCUT2D eigenvalue weighted by molar-refractivity contribution is -0.119. The zero-order valence-electron chi connectivity index (χ0n) is 9.09. The molecule has 0 N–H and O–H groups in total. The molecule has 1 unspecified atom stereocenters. The van der Waals surface area contributed by atoms with Crippen LogP contribution in [0.25, 0.3) is 0 Å². The summed E-state index contributed by atoms with van der Waals surface area (Å²) >= 11 is 0. The van der Waals surface area contributed by atoms with Gasteiger partial charge in [-0.1, -0.05) is 0 Å². The van der Waals surface area contributed by atoms with E-state index in [-0.39, 0.29) is 0 Å². The summed E-state index contributed by atoms with van der Waals surface area (Å²) in [7, 11) is 0. The van der Waals surface area contributed by atoms with Gasteiger partial charge in [0, 0.05) is 25.8 Å². The van der Waals surface area contributed by atoms with E-state index < -0.39 is 0 Å². The van der Waals surface area contributed by atoms with Crippen molar-refractivity contribution in [2.45, 2.75) is 26.3 Å². The summed E-state index contributed by atoms with van der Waals surface area (Å²) in [6.45, 7) is 4.78. The van der Waals surface area contributed by atoms with E-state index in [4.69, 9.17) is 0 Å². The number of carbonyl (C=O) groups excluding carboxylic acids is 1. The molecule has 1 aliphatic heterocycles. The Labute approximate surface area is 89.9 Å². The van der Waals surface area contributed by atoms with Gasteiger partial charge in [0.05, 0.1) is 12.0 Å². The fraction of sp³-hybridized carbons (Fsp3) is 0.636. The summed E-state index contributed by atoms with van der Waals surface area (Å²) in [5.41, 5.74) is 1.05. The summed E-state index contributed by atoms with van der Waals surface area (Å²) in [4.78, 5) is 16.7. The number of imidazole rings is 1. The van der Waals surface area contributed by atoms with Crippen LogP contribution in [0.5, 0.6) is 0 Å². The van der Waals surface area contributed by atoms with Gasteiger partial charge >= 0.3 is 0 Å². The number of likely N-dealkylation sites (tertiary alicyclic amines) is 1. The molecule has 1 aromatic heterocycles. The molecule has 0 aliphatic carbocycles. The molecule has 4 heteroatoms. The largest absolute Gasteiger partial charge is 0.345 e. The van der Waals surface area contributed by atoms with Gasteiger partial charge in [0.25, 0.3) is 0 Å². The first kappa shape index (κ1) is 10.2. The smallest absolute Gasteiger partial charge is 0.209 e. The first-order chi connectivity index (χ1) is 7.28. The second kappa shape index (κ2) is 4.47. The Kier molecular flexibility index (Phi) is 3.04. The van der Waals surface area contributed by atoms with E-state index in [0.717, 1.165) is 38.2 Å². The third-order valence-electron chi connectivity index (χ3n) is 2.93. The maximum absolute atomic E-state index is 10.7.